The Morgan fingerprint density at radius 1 is 1.64 bits per heavy atom. The molecule has 1 aromatic carbocycles. The molecule has 0 bridgehead atoms. The number of carbonyl (C=O) groups is 1. The largest absolute Gasteiger partial charge is 0.350 e. The van der Waals surface area contributed by atoms with Gasteiger partial charge in [0.25, 0.3) is 5.24 Å². The van der Waals surface area contributed by atoms with Gasteiger partial charge in [-0.25, -0.2) is 0 Å². The van der Waals surface area contributed by atoms with Crippen LogP contribution in [0, 0.1) is 6.07 Å². The van der Waals surface area contributed by atoms with Crippen LogP contribution in [0.5, 0.6) is 0 Å². The zero-order chi connectivity index (χ0) is 8.10. The van der Waals surface area contributed by atoms with Crippen LogP contribution in [-0.2, 0) is 0 Å². The number of benzene rings is 1. The second-order valence-electron chi connectivity index (χ2n) is 1.87. The van der Waals surface area contributed by atoms with E-state index in [9.17, 15) is 4.79 Å². The molecule has 0 heterocycles. The van der Waals surface area contributed by atoms with Gasteiger partial charge in [0.05, 0.1) is 0 Å². The molecule has 0 aliphatic rings. The maximum absolute atomic E-state index is 10.8. The predicted octanol–water partition coefficient (Wildman–Crippen LogP) is 1.92. The molecule has 0 saturated carbocycles. The molecule has 1 amide bonds. The number of carbonyl (C=O) groups excluding carboxylic acids is 1. The van der Waals surface area contributed by atoms with Crippen LogP contribution < -0.4 is 5.32 Å². The average molecular weight is 166 g/mol. The van der Waals surface area contributed by atoms with Crippen molar-refractivity contribution in [3.63, 3.8) is 0 Å². The van der Waals surface area contributed by atoms with Crippen LogP contribution >= 0.6 is 11.8 Å². The fourth-order valence-electron chi connectivity index (χ4n) is 0.591. The van der Waals surface area contributed by atoms with Gasteiger partial charge in [-0.05, 0) is 23.9 Å². The first-order valence-corrected chi connectivity index (χ1v) is 4.01. The summed E-state index contributed by atoms with van der Waals surface area (Å²) in [6, 6.07) is 10.3. The second-order valence-corrected chi connectivity index (χ2v) is 2.88. The molecule has 1 radical (unpaired) electrons. The Morgan fingerprint density at radius 2 is 2.45 bits per heavy atom. The molecule has 0 atom stereocenters. The highest BCUT2D eigenvalue weighted by molar-refractivity contribution is 8.13. The summed E-state index contributed by atoms with van der Waals surface area (Å²) in [7, 11) is 1.61. The monoisotopic (exact) mass is 166 g/mol. The minimum absolute atomic E-state index is 0.0625. The van der Waals surface area contributed by atoms with Gasteiger partial charge in [0, 0.05) is 11.9 Å². The zero-order valence-electron chi connectivity index (χ0n) is 6.13. The summed E-state index contributed by atoms with van der Waals surface area (Å²) < 4.78 is 0. The molecule has 0 saturated heterocycles. The number of nitrogens with one attached hydrogen (secondary N) is 1. The highest BCUT2D eigenvalue weighted by Gasteiger charge is 1.99. The molecule has 0 unspecified atom stereocenters. The minimum Gasteiger partial charge on any atom is -0.350 e. The fourth-order valence-corrected chi connectivity index (χ4v) is 1.17. The van der Waals surface area contributed by atoms with Crippen molar-refractivity contribution in [2.45, 2.75) is 4.90 Å². The van der Waals surface area contributed by atoms with E-state index in [2.05, 4.69) is 11.4 Å². The van der Waals surface area contributed by atoms with Gasteiger partial charge in [-0.1, -0.05) is 18.2 Å². The molecule has 0 aliphatic carbocycles. The van der Waals surface area contributed by atoms with Crippen molar-refractivity contribution in [2.75, 3.05) is 7.05 Å². The first-order chi connectivity index (χ1) is 5.33. The number of amides is 1. The standard InChI is InChI=1S/C8H8NOS/c1-9-8(10)11-7-5-3-2-4-6-7/h2-5H,1H3,(H,9,10). The van der Waals surface area contributed by atoms with E-state index in [1.807, 2.05) is 18.2 Å². The van der Waals surface area contributed by atoms with Crippen LogP contribution in [-0.4, -0.2) is 12.3 Å². The van der Waals surface area contributed by atoms with E-state index in [0.717, 1.165) is 16.7 Å². The van der Waals surface area contributed by atoms with Crippen molar-refractivity contribution in [3.05, 3.63) is 30.3 Å². The molecule has 2 nitrogen and oxygen atoms in total. The Balaban J connectivity index is 2.58. The van der Waals surface area contributed by atoms with E-state index < -0.39 is 0 Å². The summed E-state index contributed by atoms with van der Waals surface area (Å²) in [6.07, 6.45) is 0. The van der Waals surface area contributed by atoms with Gasteiger partial charge >= 0.3 is 0 Å². The summed E-state index contributed by atoms with van der Waals surface area (Å²) >= 11 is 1.14. The molecular weight excluding hydrogens is 158 g/mol. The summed E-state index contributed by atoms with van der Waals surface area (Å²) in [6.45, 7) is 0. The van der Waals surface area contributed by atoms with Crippen LogP contribution in [0.4, 0.5) is 4.79 Å². The summed E-state index contributed by atoms with van der Waals surface area (Å²) in [5.74, 6) is 0. The number of hydrogen-bond donors (Lipinski definition) is 1. The van der Waals surface area contributed by atoms with E-state index >= 15 is 0 Å². The van der Waals surface area contributed by atoms with Crippen LogP contribution in [0.15, 0.2) is 29.2 Å². The van der Waals surface area contributed by atoms with Gasteiger partial charge in [-0.3, -0.25) is 4.79 Å². The van der Waals surface area contributed by atoms with Crippen LogP contribution in [0.1, 0.15) is 0 Å². The maximum Gasteiger partial charge on any atom is 0.283 e. The molecule has 0 spiro atoms. The quantitative estimate of drug-likeness (QED) is 0.646. The fraction of sp³-hybridized carbons (Fsp3) is 0.125. The predicted molar refractivity (Wildman–Crippen MR) is 45.6 cm³/mol. The third-order valence-electron chi connectivity index (χ3n) is 1.09. The van der Waals surface area contributed by atoms with Gasteiger partial charge in [0.15, 0.2) is 0 Å². The lowest BCUT2D eigenvalue weighted by Gasteiger charge is -1.96. The maximum atomic E-state index is 10.8. The van der Waals surface area contributed by atoms with Crippen LogP contribution in [0.25, 0.3) is 0 Å². The zero-order valence-corrected chi connectivity index (χ0v) is 6.94. The van der Waals surface area contributed by atoms with Gasteiger partial charge in [0.1, 0.15) is 0 Å². The van der Waals surface area contributed by atoms with Crippen molar-refractivity contribution in [1.82, 2.24) is 5.32 Å². The molecule has 0 aromatic heterocycles. The van der Waals surface area contributed by atoms with E-state index in [-0.39, 0.29) is 5.24 Å². The Kier molecular flexibility index (Phi) is 2.98. The van der Waals surface area contributed by atoms with Crippen LogP contribution in [0.3, 0.4) is 0 Å². The molecule has 3 heteroatoms. The van der Waals surface area contributed by atoms with Crippen molar-refractivity contribution in [3.8, 4) is 0 Å². The van der Waals surface area contributed by atoms with Gasteiger partial charge in [0.2, 0.25) is 0 Å². The molecule has 11 heavy (non-hydrogen) atoms. The Bertz CT molecular complexity index is 235. The van der Waals surface area contributed by atoms with Gasteiger partial charge in [-0.15, -0.1) is 0 Å². The summed E-state index contributed by atoms with van der Waals surface area (Å²) in [5, 5.41) is 2.45. The molecule has 1 N–H and O–H groups in total. The highest BCUT2D eigenvalue weighted by Crippen LogP contribution is 2.16. The second kappa shape index (κ2) is 4.03. The third-order valence-corrected chi connectivity index (χ3v) is 1.95. The molecule has 57 valence electrons. The smallest absolute Gasteiger partial charge is 0.283 e. The molecule has 0 aliphatic heterocycles. The van der Waals surface area contributed by atoms with Crippen molar-refractivity contribution in [2.24, 2.45) is 0 Å². The SMILES string of the molecule is CNC(=O)Sc1[c]cccc1. The van der Waals surface area contributed by atoms with Crippen LogP contribution in [0.2, 0.25) is 0 Å². The number of thioether (sulfide) groups is 1. The first kappa shape index (κ1) is 8.14. The lowest BCUT2D eigenvalue weighted by molar-refractivity contribution is 0.262. The molecular formula is C8H8NOS. The van der Waals surface area contributed by atoms with Crippen molar-refractivity contribution >= 4 is 17.0 Å². The van der Waals surface area contributed by atoms with Gasteiger partial charge in [-0.2, -0.15) is 0 Å². The lowest BCUT2D eigenvalue weighted by atomic mass is 10.4. The van der Waals surface area contributed by atoms with Gasteiger partial charge < -0.3 is 5.32 Å². The lowest BCUT2D eigenvalue weighted by Crippen LogP contribution is -2.10. The Labute approximate surface area is 70.0 Å². The number of hydrogen-bond acceptors (Lipinski definition) is 2. The number of rotatable bonds is 1. The first-order valence-electron chi connectivity index (χ1n) is 3.19. The minimum atomic E-state index is -0.0625. The van der Waals surface area contributed by atoms with Crippen molar-refractivity contribution in [1.29, 1.82) is 0 Å². The summed E-state index contributed by atoms with van der Waals surface area (Å²) in [5.41, 5.74) is 0. The highest BCUT2D eigenvalue weighted by atomic mass is 32.2. The molecule has 0 fully saturated rings. The third kappa shape index (κ3) is 2.63. The van der Waals surface area contributed by atoms with E-state index in [1.54, 1.807) is 13.1 Å². The Hall–Kier alpha value is -0.960. The van der Waals surface area contributed by atoms with Crippen molar-refractivity contribution < 1.29 is 4.79 Å². The normalized spacial score (nSPS) is 9.18. The van der Waals surface area contributed by atoms with E-state index in [0.29, 0.717) is 0 Å². The average Bonchev–Trinajstić information content (AvgIpc) is 2.06. The molecule has 1 rings (SSSR count). The Morgan fingerprint density at radius 3 is 3.00 bits per heavy atom. The summed E-state index contributed by atoms with van der Waals surface area (Å²) in [4.78, 5) is 11.7. The molecule has 1 aromatic rings. The van der Waals surface area contributed by atoms with E-state index in [1.165, 1.54) is 0 Å². The topological polar surface area (TPSA) is 29.1 Å². The van der Waals surface area contributed by atoms with E-state index in [4.69, 9.17) is 0 Å².